The van der Waals surface area contributed by atoms with Crippen LogP contribution in [0.5, 0.6) is 0 Å². The van der Waals surface area contributed by atoms with Crippen molar-refractivity contribution < 1.29 is 4.74 Å². The zero-order chi connectivity index (χ0) is 16.8. The van der Waals surface area contributed by atoms with E-state index in [4.69, 9.17) is 4.74 Å². The van der Waals surface area contributed by atoms with Crippen molar-refractivity contribution >= 4 is 27.3 Å². The molecule has 0 N–H and O–H groups in total. The lowest BCUT2D eigenvalue weighted by molar-refractivity contribution is 0.0227. The smallest absolute Gasteiger partial charge is 0.0594 e. The fraction of sp³-hybridized carbons (Fsp3) is 0.474. The summed E-state index contributed by atoms with van der Waals surface area (Å²) in [6.45, 7) is 9.23. The minimum atomic E-state index is 0.498. The van der Waals surface area contributed by atoms with Crippen molar-refractivity contribution in [3.05, 3.63) is 56.7 Å². The van der Waals surface area contributed by atoms with Gasteiger partial charge in [-0.1, -0.05) is 30.3 Å². The highest BCUT2D eigenvalue weighted by atomic mass is 79.9. The third-order valence-corrected chi connectivity index (χ3v) is 6.43. The standard InChI is InChI=1S/C19H25BrN2OS/c1-16(13-21-8-10-23-11-9-21)22(14-17-5-3-2-4-6-17)15-19-18(20)7-12-24-19/h2-7,12,16H,8-11,13-15H2,1H3. The van der Waals surface area contributed by atoms with Crippen molar-refractivity contribution in [1.82, 2.24) is 9.80 Å². The Kier molecular flexibility index (Phi) is 6.86. The molecule has 0 saturated carbocycles. The average Bonchev–Trinajstić information content (AvgIpc) is 3.01. The van der Waals surface area contributed by atoms with Crippen molar-refractivity contribution in [2.75, 3.05) is 32.8 Å². The third kappa shape index (κ3) is 5.14. The predicted molar refractivity (Wildman–Crippen MR) is 104 cm³/mol. The molecule has 0 radical (unpaired) electrons. The molecule has 3 rings (SSSR count). The zero-order valence-corrected chi connectivity index (χ0v) is 16.6. The summed E-state index contributed by atoms with van der Waals surface area (Å²) < 4.78 is 6.70. The van der Waals surface area contributed by atoms with Gasteiger partial charge in [-0.3, -0.25) is 9.80 Å². The molecule has 5 heteroatoms. The molecule has 1 unspecified atom stereocenters. The number of benzene rings is 1. The maximum atomic E-state index is 5.48. The summed E-state index contributed by atoms with van der Waals surface area (Å²) in [4.78, 5) is 6.51. The number of nitrogens with zero attached hydrogens (tertiary/aromatic N) is 2. The number of halogens is 1. The van der Waals surface area contributed by atoms with E-state index in [0.717, 1.165) is 45.9 Å². The van der Waals surface area contributed by atoms with Gasteiger partial charge in [-0.2, -0.15) is 0 Å². The van der Waals surface area contributed by atoms with Gasteiger partial charge in [-0.15, -0.1) is 11.3 Å². The fourth-order valence-electron chi connectivity index (χ4n) is 3.08. The SMILES string of the molecule is CC(CN1CCOCC1)N(Cc1ccccc1)Cc1sccc1Br. The van der Waals surface area contributed by atoms with Crippen molar-refractivity contribution in [2.24, 2.45) is 0 Å². The van der Waals surface area contributed by atoms with Crippen molar-refractivity contribution in [3.8, 4) is 0 Å². The van der Waals surface area contributed by atoms with Gasteiger partial charge in [0, 0.05) is 48.1 Å². The van der Waals surface area contributed by atoms with Gasteiger partial charge in [0.2, 0.25) is 0 Å². The van der Waals surface area contributed by atoms with Crippen LogP contribution in [0.1, 0.15) is 17.4 Å². The fourth-order valence-corrected chi connectivity index (χ4v) is 4.58. The molecule has 0 amide bonds. The Morgan fingerprint density at radius 2 is 1.92 bits per heavy atom. The summed E-state index contributed by atoms with van der Waals surface area (Å²) in [5.41, 5.74) is 1.37. The molecular formula is C19H25BrN2OS. The largest absolute Gasteiger partial charge is 0.379 e. The summed E-state index contributed by atoms with van der Waals surface area (Å²) in [6.07, 6.45) is 0. The second-order valence-electron chi connectivity index (χ2n) is 6.34. The van der Waals surface area contributed by atoms with E-state index >= 15 is 0 Å². The summed E-state index contributed by atoms with van der Waals surface area (Å²) in [5, 5.41) is 2.16. The third-order valence-electron chi connectivity index (χ3n) is 4.52. The molecule has 1 fully saturated rings. The maximum Gasteiger partial charge on any atom is 0.0594 e. The van der Waals surface area contributed by atoms with E-state index in [-0.39, 0.29) is 0 Å². The number of hydrogen-bond acceptors (Lipinski definition) is 4. The second kappa shape index (κ2) is 9.11. The lowest BCUT2D eigenvalue weighted by Crippen LogP contribution is -2.45. The lowest BCUT2D eigenvalue weighted by Gasteiger charge is -2.35. The van der Waals surface area contributed by atoms with E-state index in [1.165, 1.54) is 14.9 Å². The summed E-state index contributed by atoms with van der Waals surface area (Å²) in [6, 6.07) is 13.4. The average molecular weight is 409 g/mol. The van der Waals surface area contributed by atoms with Gasteiger partial charge in [0.25, 0.3) is 0 Å². The van der Waals surface area contributed by atoms with Crippen LogP contribution in [0.4, 0.5) is 0 Å². The Morgan fingerprint density at radius 1 is 1.17 bits per heavy atom. The molecule has 3 nitrogen and oxygen atoms in total. The number of morpholine rings is 1. The first-order valence-electron chi connectivity index (χ1n) is 8.52. The summed E-state index contributed by atoms with van der Waals surface area (Å²) in [7, 11) is 0. The predicted octanol–water partition coefficient (Wildman–Crippen LogP) is 4.23. The molecule has 2 aromatic rings. The molecule has 0 bridgehead atoms. The highest BCUT2D eigenvalue weighted by Gasteiger charge is 2.20. The summed E-state index contributed by atoms with van der Waals surface area (Å²) in [5.74, 6) is 0. The van der Waals surface area contributed by atoms with Crippen LogP contribution in [-0.2, 0) is 17.8 Å². The Balaban J connectivity index is 1.69. The van der Waals surface area contributed by atoms with E-state index in [1.54, 1.807) is 0 Å². The Morgan fingerprint density at radius 3 is 2.58 bits per heavy atom. The van der Waals surface area contributed by atoms with E-state index in [9.17, 15) is 0 Å². The molecule has 1 atom stereocenters. The van der Waals surface area contributed by atoms with Crippen molar-refractivity contribution in [1.29, 1.82) is 0 Å². The van der Waals surface area contributed by atoms with E-state index in [2.05, 4.69) is 74.4 Å². The highest BCUT2D eigenvalue weighted by Crippen LogP contribution is 2.26. The first kappa shape index (κ1) is 18.1. The Bertz CT molecular complexity index is 613. The van der Waals surface area contributed by atoms with E-state index < -0.39 is 0 Å². The molecule has 0 aliphatic carbocycles. The van der Waals surface area contributed by atoms with Gasteiger partial charge in [-0.25, -0.2) is 0 Å². The van der Waals surface area contributed by atoms with Crippen LogP contribution in [0.25, 0.3) is 0 Å². The topological polar surface area (TPSA) is 15.7 Å². The van der Waals surface area contributed by atoms with Crippen LogP contribution in [0.15, 0.2) is 46.3 Å². The number of hydrogen-bond donors (Lipinski definition) is 0. The number of ether oxygens (including phenoxy) is 1. The molecular weight excluding hydrogens is 384 g/mol. The number of rotatable bonds is 7. The van der Waals surface area contributed by atoms with E-state index in [0.29, 0.717) is 6.04 Å². The number of thiophene rings is 1. The van der Waals surface area contributed by atoms with E-state index in [1.807, 2.05) is 11.3 Å². The first-order chi connectivity index (χ1) is 11.7. The molecule has 24 heavy (non-hydrogen) atoms. The minimum Gasteiger partial charge on any atom is -0.379 e. The van der Waals surface area contributed by atoms with Crippen LogP contribution >= 0.6 is 27.3 Å². The molecule has 1 aliphatic rings. The van der Waals surface area contributed by atoms with Gasteiger partial charge >= 0.3 is 0 Å². The first-order valence-corrected chi connectivity index (χ1v) is 10.2. The molecule has 1 aromatic carbocycles. The minimum absolute atomic E-state index is 0.498. The molecule has 1 saturated heterocycles. The molecule has 0 spiro atoms. The quantitative estimate of drug-likeness (QED) is 0.681. The van der Waals surface area contributed by atoms with Crippen LogP contribution < -0.4 is 0 Å². The normalized spacial score (nSPS) is 17.3. The Labute approximate surface area is 157 Å². The van der Waals surface area contributed by atoms with Crippen LogP contribution in [0.2, 0.25) is 0 Å². The van der Waals surface area contributed by atoms with Crippen LogP contribution in [-0.4, -0.2) is 48.7 Å². The second-order valence-corrected chi connectivity index (χ2v) is 8.20. The lowest BCUT2D eigenvalue weighted by atomic mass is 10.1. The van der Waals surface area contributed by atoms with Gasteiger partial charge in [0.15, 0.2) is 0 Å². The Hall–Kier alpha value is -0.720. The molecule has 1 aliphatic heterocycles. The summed E-state index contributed by atoms with van der Waals surface area (Å²) >= 11 is 5.51. The van der Waals surface area contributed by atoms with Crippen molar-refractivity contribution in [2.45, 2.75) is 26.1 Å². The van der Waals surface area contributed by atoms with Gasteiger partial charge < -0.3 is 4.74 Å². The monoisotopic (exact) mass is 408 g/mol. The van der Waals surface area contributed by atoms with Gasteiger partial charge in [0.05, 0.1) is 13.2 Å². The van der Waals surface area contributed by atoms with Crippen LogP contribution in [0.3, 0.4) is 0 Å². The molecule has 2 heterocycles. The van der Waals surface area contributed by atoms with Gasteiger partial charge in [-0.05, 0) is 39.9 Å². The highest BCUT2D eigenvalue weighted by molar-refractivity contribution is 9.10. The van der Waals surface area contributed by atoms with Crippen LogP contribution in [0, 0.1) is 0 Å². The maximum absolute atomic E-state index is 5.48. The van der Waals surface area contributed by atoms with Gasteiger partial charge in [0.1, 0.15) is 0 Å². The van der Waals surface area contributed by atoms with Crippen molar-refractivity contribution in [3.63, 3.8) is 0 Å². The molecule has 1 aromatic heterocycles. The molecule has 130 valence electrons. The zero-order valence-electron chi connectivity index (χ0n) is 14.2.